The highest BCUT2D eigenvalue weighted by molar-refractivity contribution is 5.44. The van der Waals surface area contributed by atoms with Gasteiger partial charge >= 0.3 is 0 Å². The maximum absolute atomic E-state index is 12.7. The first-order chi connectivity index (χ1) is 14.7. The highest BCUT2D eigenvalue weighted by atomic mass is 16.5. The summed E-state index contributed by atoms with van der Waals surface area (Å²) in [7, 11) is 4.83. The molecule has 4 N–H and O–H groups in total. The Hall–Kier alpha value is -0.580. The highest BCUT2D eigenvalue weighted by Crippen LogP contribution is 2.78. The molecule has 0 aromatic heterocycles. The number of rotatable bonds is 4. The van der Waals surface area contributed by atoms with Crippen LogP contribution in [-0.4, -0.2) is 107 Å². The van der Waals surface area contributed by atoms with E-state index in [1.807, 2.05) is 6.92 Å². The van der Waals surface area contributed by atoms with Crippen LogP contribution in [0, 0.1) is 29.1 Å². The number of likely N-dealkylation sites (tertiary alicyclic amines) is 1. The number of ether oxygens (including phenoxy) is 3. The van der Waals surface area contributed by atoms with Crippen LogP contribution in [0.5, 0.6) is 0 Å². The minimum Gasteiger partial charge on any atom is -0.388 e. The molecule has 1 aliphatic heterocycles. The lowest BCUT2D eigenvalue weighted by Crippen LogP contribution is -2.82. The summed E-state index contributed by atoms with van der Waals surface area (Å²) in [6.07, 6.45) is 2.13. The van der Waals surface area contributed by atoms with Crippen molar-refractivity contribution in [2.24, 2.45) is 29.1 Å². The molecule has 6 rings (SSSR count). The first-order valence-electron chi connectivity index (χ1n) is 11.6. The molecule has 13 unspecified atom stereocenters. The molecule has 5 aliphatic carbocycles. The fraction of sp³-hybridized carbons (Fsp3) is 0.913. The number of β-amino-alcohol motifs (C(OH)–C–C–N with tert-alkyl or cyclic N) is 1. The van der Waals surface area contributed by atoms with E-state index in [-0.39, 0.29) is 36.4 Å². The third-order valence-corrected chi connectivity index (χ3v) is 10.5. The van der Waals surface area contributed by atoms with Gasteiger partial charge in [0.2, 0.25) is 0 Å². The lowest BCUT2D eigenvalue weighted by molar-refractivity contribution is -0.312. The predicted molar refractivity (Wildman–Crippen MR) is 109 cm³/mol. The topological polar surface area (TPSA) is 112 Å². The SMILES string of the molecule is CCN1CC2(O)C=CC(O)C34C5CC6C(OC)CC(O)(C5C6OC)C(O)(C(OC)C23)C14. The second-order valence-electron chi connectivity index (χ2n) is 10.9. The number of likely N-dealkylation sites (N-methyl/N-ethyl adjacent to an activating group) is 1. The van der Waals surface area contributed by atoms with Crippen molar-refractivity contribution >= 4 is 0 Å². The number of piperidine rings is 1. The van der Waals surface area contributed by atoms with Crippen molar-refractivity contribution in [2.75, 3.05) is 34.4 Å². The van der Waals surface area contributed by atoms with E-state index in [1.54, 1.807) is 26.4 Å². The molecule has 1 spiro atoms. The molecule has 4 saturated carbocycles. The van der Waals surface area contributed by atoms with Crippen LogP contribution in [0.1, 0.15) is 19.8 Å². The van der Waals surface area contributed by atoms with Gasteiger partial charge in [-0.25, -0.2) is 0 Å². The largest absolute Gasteiger partial charge is 0.388 e. The van der Waals surface area contributed by atoms with Gasteiger partial charge in [0.15, 0.2) is 0 Å². The van der Waals surface area contributed by atoms with Crippen molar-refractivity contribution in [3.05, 3.63) is 12.2 Å². The Bertz CT molecular complexity index is 824. The number of fused-ring (bicyclic) bond motifs is 2. The van der Waals surface area contributed by atoms with Crippen LogP contribution in [0.25, 0.3) is 0 Å². The van der Waals surface area contributed by atoms with Crippen LogP contribution in [0.2, 0.25) is 0 Å². The Morgan fingerprint density at radius 2 is 1.84 bits per heavy atom. The lowest BCUT2D eigenvalue weighted by Gasteiger charge is -2.67. The molecule has 7 bridgehead atoms. The summed E-state index contributed by atoms with van der Waals surface area (Å²) in [6.45, 7) is 2.91. The van der Waals surface area contributed by atoms with Crippen molar-refractivity contribution in [3.63, 3.8) is 0 Å². The van der Waals surface area contributed by atoms with Crippen LogP contribution in [0.3, 0.4) is 0 Å². The Kier molecular flexibility index (Phi) is 4.13. The third kappa shape index (κ3) is 1.88. The van der Waals surface area contributed by atoms with Crippen LogP contribution >= 0.6 is 0 Å². The van der Waals surface area contributed by atoms with Gasteiger partial charge in [-0.1, -0.05) is 19.1 Å². The van der Waals surface area contributed by atoms with Gasteiger partial charge in [-0.15, -0.1) is 0 Å². The third-order valence-electron chi connectivity index (χ3n) is 10.5. The fourth-order valence-corrected chi connectivity index (χ4v) is 9.86. The van der Waals surface area contributed by atoms with E-state index in [9.17, 15) is 20.4 Å². The van der Waals surface area contributed by atoms with E-state index in [0.29, 0.717) is 19.5 Å². The van der Waals surface area contributed by atoms with Gasteiger partial charge in [0.25, 0.3) is 0 Å². The number of methoxy groups -OCH3 is 3. The van der Waals surface area contributed by atoms with E-state index in [4.69, 9.17) is 14.2 Å². The van der Waals surface area contributed by atoms with Gasteiger partial charge < -0.3 is 34.6 Å². The molecule has 8 nitrogen and oxygen atoms in total. The van der Waals surface area contributed by atoms with Crippen molar-refractivity contribution < 1.29 is 34.6 Å². The van der Waals surface area contributed by atoms with E-state index in [1.165, 1.54) is 7.11 Å². The quantitative estimate of drug-likeness (QED) is 0.421. The van der Waals surface area contributed by atoms with Gasteiger partial charge in [0.05, 0.1) is 30.5 Å². The lowest BCUT2D eigenvalue weighted by atomic mass is 9.45. The van der Waals surface area contributed by atoms with E-state index in [2.05, 4.69) is 4.90 Å². The monoisotopic (exact) mass is 437 g/mol. The van der Waals surface area contributed by atoms with E-state index < -0.39 is 46.4 Å². The molecule has 0 aromatic carbocycles. The number of hydrogen-bond acceptors (Lipinski definition) is 8. The summed E-state index contributed by atoms with van der Waals surface area (Å²) in [6, 6.07) is -0.543. The Labute approximate surface area is 182 Å². The molecule has 174 valence electrons. The standard InChI is InChI=1S/C23H35NO7/c1-5-24-10-20(26)7-6-14(25)22-12-8-11-13(29-2)9-21(27,15(12)16(11)30-3)23(28,19(22)24)18(31-4)17(20)22/h6-7,11-19,25-28H,5,8-10H2,1-4H3. The van der Waals surface area contributed by atoms with Crippen LogP contribution in [-0.2, 0) is 14.2 Å². The van der Waals surface area contributed by atoms with Crippen molar-refractivity contribution in [2.45, 2.75) is 67.0 Å². The van der Waals surface area contributed by atoms with Gasteiger partial charge in [0.1, 0.15) is 16.8 Å². The predicted octanol–water partition coefficient (Wildman–Crippen LogP) is -0.855. The molecule has 6 aliphatic rings. The van der Waals surface area contributed by atoms with Gasteiger partial charge in [-0.3, -0.25) is 4.90 Å². The summed E-state index contributed by atoms with van der Waals surface area (Å²) in [4.78, 5) is 2.06. The Morgan fingerprint density at radius 1 is 1.10 bits per heavy atom. The minimum atomic E-state index is -1.69. The molecule has 31 heavy (non-hydrogen) atoms. The average molecular weight is 438 g/mol. The molecule has 8 heteroatoms. The summed E-state index contributed by atoms with van der Waals surface area (Å²) < 4.78 is 17.8. The van der Waals surface area contributed by atoms with Crippen molar-refractivity contribution in [1.29, 1.82) is 0 Å². The smallest absolute Gasteiger partial charge is 0.136 e. The van der Waals surface area contributed by atoms with Gasteiger partial charge in [-0.2, -0.15) is 0 Å². The zero-order valence-corrected chi connectivity index (χ0v) is 18.6. The molecule has 0 amide bonds. The Balaban J connectivity index is 1.69. The molecular weight excluding hydrogens is 402 g/mol. The van der Waals surface area contributed by atoms with E-state index in [0.717, 1.165) is 0 Å². The molecule has 5 fully saturated rings. The van der Waals surface area contributed by atoms with Gasteiger partial charge in [-0.05, 0) is 18.9 Å². The summed E-state index contributed by atoms with van der Waals surface area (Å²) in [5.74, 6) is -0.992. The molecule has 0 radical (unpaired) electrons. The van der Waals surface area contributed by atoms with Crippen LogP contribution < -0.4 is 0 Å². The Morgan fingerprint density at radius 3 is 2.45 bits per heavy atom. The summed E-state index contributed by atoms with van der Waals surface area (Å²) >= 11 is 0. The number of hydrogen-bond donors (Lipinski definition) is 4. The number of aliphatic hydroxyl groups excluding tert-OH is 1. The second kappa shape index (κ2) is 6.10. The fourth-order valence-electron chi connectivity index (χ4n) is 9.86. The number of aliphatic hydroxyl groups is 4. The zero-order valence-electron chi connectivity index (χ0n) is 18.6. The summed E-state index contributed by atoms with van der Waals surface area (Å²) in [5.41, 5.74) is -5.33. The summed E-state index contributed by atoms with van der Waals surface area (Å²) in [5, 5.41) is 48.7. The van der Waals surface area contributed by atoms with Crippen molar-refractivity contribution in [3.8, 4) is 0 Å². The molecular formula is C23H35NO7. The van der Waals surface area contributed by atoms with Crippen molar-refractivity contribution in [1.82, 2.24) is 4.90 Å². The maximum atomic E-state index is 12.7. The normalized spacial score (nSPS) is 63.5. The van der Waals surface area contributed by atoms with Crippen LogP contribution in [0.4, 0.5) is 0 Å². The average Bonchev–Trinajstić information content (AvgIpc) is 3.17. The molecule has 1 heterocycles. The molecule has 0 aromatic rings. The molecule has 13 atom stereocenters. The van der Waals surface area contributed by atoms with Crippen LogP contribution in [0.15, 0.2) is 12.2 Å². The maximum Gasteiger partial charge on any atom is 0.136 e. The second-order valence-corrected chi connectivity index (χ2v) is 10.9. The minimum absolute atomic E-state index is 0.0607. The first-order valence-corrected chi connectivity index (χ1v) is 11.6. The zero-order chi connectivity index (χ0) is 22.1. The van der Waals surface area contributed by atoms with E-state index >= 15 is 0 Å². The molecule has 1 saturated heterocycles. The first kappa shape index (κ1) is 21.0. The number of nitrogens with zero attached hydrogens (tertiary/aromatic N) is 1. The highest BCUT2D eigenvalue weighted by Gasteiger charge is 2.91. The van der Waals surface area contributed by atoms with Gasteiger partial charge in [0, 0.05) is 57.5 Å².